The van der Waals surface area contributed by atoms with Gasteiger partial charge in [-0.25, -0.2) is 9.37 Å². The monoisotopic (exact) mass is 476 g/mol. The fraction of sp³-hybridized carbons (Fsp3) is 0.280. The minimum absolute atomic E-state index is 0.0849. The van der Waals surface area contributed by atoms with E-state index in [0.29, 0.717) is 17.4 Å². The van der Waals surface area contributed by atoms with Crippen molar-refractivity contribution in [1.29, 1.82) is 0 Å². The summed E-state index contributed by atoms with van der Waals surface area (Å²) in [6.07, 6.45) is 1.15. The number of amides is 1. The molecule has 0 saturated heterocycles. The highest BCUT2D eigenvalue weighted by Gasteiger charge is 2.32. The van der Waals surface area contributed by atoms with Crippen LogP contribution in [0.2, 0.25) is 0 Å². The Labute approximate surface area is 200 Å². The van der Waals surface area contributed by atoms with Crippen LogP contribution in [0.15, 0.2) is 47.1 Å². The van der Waals surface area contributed by atoms with Gasteiger partial charge in [0.2, 0.25) is 5.95 Å². The number of aliphatic hydroxyl groups excluding tert-OH is 1. The first-order chi connectivity index (χ1) is 16.9. The van der Waals surface area contributed by atoms with Crippen LogP contribution in [-0.2, 0) is 6.42 Å². The lowest BCUT2D eigenvalue weighted by molar-refractivity contribution is 0.0962. The van der Waals surface area contributed by atoms with Crippen molar-refractivity contribution < 1.29 is 18.8 Å². The predicted molar refractivity (Wildman–Crippen MR) is 129 cm³/mol. The van der Waals surface area contributed by atoms with Gasteiger partial charge in [-0.15, -0.1) is 0 Å². The van der Waals surface area contributed by atoms with Gasteiger partial charge in [-0.2, -0.15) is 4.98 Å². The fourth-order valence-corrected chi connectivity index (χ4v) is 4.36. The number of rotatable bonds is 6. The molecule has 2 heterocycles. The second-order valence-electron chi connectivity index (χ2n) is 8.80. The molecule has 0 aliphatic heterocycles. The van der Waals surface area contributed by atoms with Gasteiger partial charge < -0.3 is 25.6 Å². The number of aliphatic hydroxyl groups is 1. The highest BCUT2D eigenvalue weighted by Crippen LogP contribution is 2.35. The summed E-state index contributed by atoms with van der Waals surface area (Å²) in [6, 6.07) is 10.1. The Hall–Kier alpha value is -4.05. The topological polar surface area (TPSA) is 125 Å². The average Bonchev–Trinajstić information content (AvgIpc) is 3.39. The third-order valence-electron chi connectivity index (χ3n) is 6.14. The van der Waals surface area contributed by atoms with Crippen molar-refractivity contribution in [3.05, 3.63) is 70.8 Å². The molecule has 4 N–H and O–H groups in total. The van der Waals surface area contributed by atoms with Crippen LogP contribution in [0.1, 0.15) is 53.0 Å². The summed E-state index contributed by atoms with van der Waals surface area (Å²) >= 11 is 0. The van der Waals surface area contributed by atoms with Gasteiger partial charge in [-0.05, 0) is 23.1 Å². The van der Waals surface area contributed by atoms with Crippen molar-refractivity contribution >= 4 is 34.3 Å². The Morgan fingerprint density at radius 2 is 2.06 bits per heavy atom. The fourth-order valence-electron chi connectivity index (χ4n) is 4.36. The Kier molecular flexibility index (Phi) is 5.81. The Morgan fingerprint density at radius 1 is 1.26 bits per heavy atom. The van der Waals surface area contributed by atoms with Crippen LogP contribution in [0.4, 0.5) is 21.8 Å². The smallest absolute Gasteiger partial charge is 0.256 e. The molecule has 0 saturated carbocycles. The molecule has 2 aromatic heterocycles. The van der Waals surface area contributed by atoms with Gasteiger partial charge in [0, 0.05) is 31.1 Å². The van der Waals surface area contributed by atoms with Gasteiger partial charge in [0.25, 0.3) is 5.91 Å². The van der Waals surface area contributed by atoms with E-state index in [2.05, 4.69) is 31.1 Å². The first-order valence-corrected chi connectivity index (χ1v) is 11.3. The molecule has 4 aromatic rings. The Morgan fingerprint density at radius 3 is 2.83 bits per heavy atom. The number of aromatic nitrogens is 3. The maximum atomic E-state index is 14.8. The zero-order valence-electron chi connectivity index (χ0n) is 19.5. The predicted octanol–water partition coefficient (Wildman–Crippen LogP) is 4.05. The van der Waals surface area contributed by atoms with E-state index < -0.39 is 23.9 Å². The zero-order valence-corrected chi connectivity index (χ0v) is 19.5. The van der Waals surface area contributed by atoms with E-state index in [9.17, 15) is 14.3 Å². The first-order valence-electron chi connectivity index (χ1n) is 11.3. The van der Waals surface area contributed by atoms with Crippen LogP contribution in [-0.4, -0.2) is 39.3 Å². The van der Waals surface area contributed by atoms with Crippen molar-refractivity contribution in [2.45, 2.75) is 38.3 Å². The molecule has 1 aliphatic carbocycles. The quantitative estimate of drug-likeness (QED) is 0.328. The minimum Gasteiger partial charge on any atom is -0.390 e. The standard InChI is InChI=1S/C25H25FN6O3/c1-12(2)21-15-9-18(17(26)10-20(15)35-32-21)29-25-28-11-16(24(34)27-3)23(31-25)30-22-14-7-5-4-6-13(14)8-19(22)33/h4-7,9-12,19,22,33H,8H2,1-3H3,(H,27,34)(H2,28,29,30,31)/t19?,22-/m0/s1. The second-order valence-corrected chi connectivity index (χ2v) is 8.80. The van der Waals surface area contributed by atoms with Crippen molar-refractivity contribution in [2.24, 2.45) is 0 Å². The van der Waals surface area contributed by atoms with E-state index >= 15 is 0 Å². The van der Waals surface area contributed by atoms with Gasteiger partial charge in [-0.1, -0.05) is 43.3 Å². The van der Waals surface area contributed by atoms with Gasteiger partial charge in [0.15, 0.2) is 11.4 Å². The summed E-state index contributed by atoms with van der Waals surface area (Å²) in [7, 11) is 1.51. The zero-order chi connectivity index (χ0) is 24.7. The van der Waals surface area contributed by atoms with E-state index in [-0.39, 0.29) is 28.9 Å². The van der Waals surface area contributed by atoms with Gasteiger partial charge in [0.1, 0.15) is 11.4 Å². The minimum atomic E-state index is -0.695. The molecule has 5 rings (SSSR count). The molecule has 0 radical (unpaired) electrons. The molecular formula is C25H25FN6O3. The van der Waals surface area contributed by atoms with E-state index in [0.717, 1.165) is 16.8 Å². The lowest BCUT2D eigenvalue weighted by Gasteiger charge is -2.20. The molecule has 180 valence electrons. The van der Waals surface area contributed by atoms with Gasteiger partial charge >= 0.3 is 0 Å². The molecule has 1 aliphatic rings. The number of halogens is 1. The normalized spacial score (nSPS) is 17.0. The number of fused-ring (bicyclic) bond motifs is 2. The van der Waals surface area contributed by atoms with Crippen molar-refractivity contribution in [3.63, 3.8) is 0 Å². The maximum absolute atomic E-state index is 14.8. The molecule has 0 spiro atoms. The number of benzene rings is 2. The van der Waals surface area contributed by atoms with Crippen LogP contribution < -0.4 is 16.0 Å². The van der Waals surface area contributed by atoms with Crippen molar-refractivity contribution in [1.82, 2.24) is 20.4 Å². The van der Waals surface area contributed by atoms with Crippen LogP contribution in [0.25, 0.3) is 11.0 Å². The lowest BCUT2D eigenvalue weighted by atomic mass is 10.1. The molecule has 9 nitrogen and oxygen atoms in total. The second kappa shape index (κ2) is 8.95. The first kappa shape index (κ1) is 22.7. The number of nitrogens with one attached hydrogen (secondary N) is 3. The van der Waals surface area contributed by atoms with Crippen LogP contribution in [0.3, 0.4) is 0 Å². The van der Waals surface area contributed by atoms with E-state index in [1.165, 1.54) is 19.3 Å². The molecule has 1 amide bonds. The summed E-state index contributed by atoms with van der Waals surface area (Å²) in [5.74, 6) is -0.552. The SMILES string of the molecule is CNC(=O)c1cnc(Nc2cc3c(C(C)C)noc3cc2F)nc1N[C@H]1c2ccccc2CC1O. The molecule has 10 heteroatoms. The van der Waals surface area contributed by atoms with E-state index in [1.54, 1.807) is 6.07 Å². The summed E-state index contributed by atoms with van der Waals surface area (Å²) < 4.78 is 20.1. The highest BCUT2D eigenvalue weighted by molar-refractivity contribution is 5.98. The Balaban J connectivity index is 1.51. The maximum Gasteiger partial charge on any atom is 0.256 e. The molecule has 35 heavy (non-hydrogen) atoms. The average molecular weight is 477 g/mol. The number of hydrogen-bond acceptors (Lipinski definition) is 8. The van der Waals surface area contributed by atoms with E-state index in [4.69, 9.17) is 4.52 Å². The molecule has 1 unspecified atom stereocenters. The summed E-state index contributed by atoms with van der Waals surface area (Å²) in [5.41, 5.74) is 3.37. The van der Waals surface area contributed by atoms with Gasteiger partial charge in [-0.3, -0.25) is 4.79 Å². The lowest BCUT2D eigenvalue weighted by Crippen LogP contribution is -2.26. The highest BCUT2D eigenvalue weighted by atomic mass is 19.1. The molecule has 0 bridgehead atoms. The summed E-state index contributed by atoms with van der Waals surface area (Å²) in [5, 5.41) is 24.1. The third kappa shape index (κ3) is 4.17. The van der Waals surface area contributed by atoms with Crippen LogP contribution in [0.5, 0.6) is 0 Å². The number of nitrogens with zero attached hydrogens (tertiary/aromatic N) is 3. The molecule has 0 fully saturated rings. The number of anilines is 3. The van der Waals surface area contributed by atoms with Gasteiger partial charge in [0.05, 0.1) is 23.5 Å². The Bertz CT molecular complexity index is 1420. The molecular weight excluding hydrogens is 451 g/mol. The van der Waals surface area contributed by atoms with E-state index in [1.807, 2.05) is 38.1 Å². The number of carbonyl (C=O) groups excluding carboxylic acids is 1. The van der Waals surface area contributed by atoms with Crippen LogP contribution >= 0.6 is 0 Å². The third-order valence-corrected chi connectivity index (χ3v) is 6.14. The van der Waals surface area contributed by atoms with Crippen molar-refractivity contribution in [3.8, 4) is 0 Å². The summed E-state index contributed by atoms with van der Waals surface area (Å²) in [4.78, 5) is 21.2. The number of hydrogen-bond donors (Lipinski definition) is 4. The van der Waals surface area contributed by atoms with Crippen molar-refractivity contribution in [2.75, 3.05) is 17.7 Å². The molecule has 2 atom stereocenters. The number of carbonyl (C=O) groups is 1. The summed E-state index contributed by atoms with van der Waals surface area (Å²) in [6.45, 7) is 3.95. The molecule has 2 aromatic carbocycles. The van der Waals surface area contributed by atoms with Crippen LogP contribution in [0, 0.1) is 5.82 Å². The largest absolute Gasteiger partial charge is 0.390 e.